The van der Waals surface area contributed by atoms with Gasteiger partial charge in [-0.3, -0.25) is 4.79 Å². The Kier molecular flexibility index (Phi) is 4.56. The monoisotopic (exact) mass is 272 g/mol. The van der Waals surface area contributed by atoms with Crippen molar-refractivity contribution < 1.29 is 9.32 Å². The van der Waals surface area contributed by atoms with E-state index in [0.717, 1.165) is 18.4 Å². The Morgan fingerprint density at radius 3 is 2.50 bits per heavy atom. The maximum Gasteiger partial charge on any atom is 0.257 e. The van der Waals surface area contributed by atoms with Gasteiger partial charge in [-0.25, -0.2) is 0 Å². The van der Waals surface area contributed by atoms with Gasteiger partial charge in [0.15, 0.2) is 0 Å². The van der Waals surface area contributed by atoms with Gasteiger partial charge in [-0.05, 0) is 19.8 Å². The summed E-state index contributed by atoms with van der Waals surface area (Å²) in [6.07, 6.45) is 1.82. The Morgan fingerprint density at radius 1 is 1.25 bits per heavy atom. The molecule has 1 aromatic heterocycles. The molecule has 0 aliphatic heterocycles. The van der Waals surface area contributed by atoms with Crippen LogP contribution in [-0.2, 0) is 0 Å². The summed E-state index contributed by atoms with van der Waals surface area (Å²) in [5.74, 6) is 0.434. The van der Waals surface area contributed by atoms with Gasteiger partial charge in [0.2, 0.25) is 0 Å². The van der Waals surface area contributed by atoms with E-state index >= 15 is 0 Å². The number of carbonyl (C=O) groups excluding carboxylic acids is 1. The standard InChI is InChI=1S/C16H20N2O2/c1-4-13(5-2)17-16(19)14-11(3)20-18-15(14)12-9-7-6-8-10-12/h6-10,13H,4-5H2,1-3H3,(H,17,19). The molecule has 1 heterocycles. The van der Waals surface area contributed by atoms with Gasteiger partial charge >= 0.3 is 0 Å². The Balaban J connectivity index is 2.32. The predicted octanol–water partition coefficient (Wildman–Crippen LogP) is 3.57. The first-order valence-electron chi connectivity index (χ1n) is 6.99. The summed E-state index contributed by atoms with van der Waals surface area (Å²) in [6.45, 7) is 5.89. The fourth-order valence-electron chi connectivity index (χ4n) is 2.18. The molecule has 0 saturated carbocycles. The zero-order valence-corrected chi connectivity index (χ0v) is 12.1. The topological polar surface area (TPSA) is 55.1 Å². The van der Waals surface area contributed by atoms with Gasteiger partial charge < -0.3 is 9.84 Å². The van der Waals surface area contributed by atoms with Crippen LogP contribution in [0, 0.1) is 6.92 Å². The molecule has 0 aliphatic rings. The van der Waals surface area contributed by atoms with E-state index in [1.165, 1.54) is 0 Å². The summed E-state index contributed by atoms with van der Waals surface area (Å²) in [7, 11) is 0. The first-order chi connectivity index (χ1) is 9.67. The van der Waals surface area contributed by atoms with Crippen LogP contribution in [0.1, 0.15) is 42.8 Å². The molecule has 0 atom stereocenters. The first kappa shape index (κ1) is 14.3. The Morgan fingerprint density at radius 2 is 1.90 bits per heavy atom. The smallest absolute Gasteiger partial charge is 0.257 e. The third-order valence-corrected chi connectivity index (χ3v) is 3.46. The van der Waals surface area contributed by atoms with Crippen molar-refractivity contribution in [1.82, 2.24) is 10.5 Å². The van der Waals surface area contributed by atoms with Gasteiger partial charge in [0, 0.05) is 11.6 Å². The second-order valence-electron chi connectivity index (χ2n) is 4.82. The lowest BCUT2D eigenvalue weighted by atomic mass is 10.0. The zero-order valence-electron chi connectivity index (χ0n) is 12.1. The molecule has 20 heavy (non-hydrogen) atoms. The van der Waals surface area contributed by atoms with E-state index in [9.17, 15) is 4.79 Å². The van der Waals surface area contributed by atoms with Crippen LogP contribution in [0.4, 0.5) is 0 Å². The summed E-state index contributed by atoms with van der Waals surface area (Å²) in [4.78, 5) is 12.4. The maximum absolute atomic E-state index is 12.4. The lowest BCUT2D eigenvalue weighted by molar-refractivity contribution is 0.0934. The molecule has 2 aromatic rings. The Labute approximate surface area is 119 Å². The molecule has 0 radical (unpaired) electrons. The van der Waals surface area contributed by atoms with E-state index < -0.39 is 0 Å². The Bertz CT molecular complexity index is 571. The van der Waals surface area contributed by atoms with Crippen molar-refractivity contribution in [2.24, 2.45) is 0 Å². The van der Waals surface area contributed by atoms with Crippen molar-refractivity contribution >= 4 is 5.91 Å². The highest BCUT2D eigenvalue weighted by atomic mass is 16.5. The molecule has 0 fully saturated rings. The summed E-state index contributed by atoms with van der Waals surface area (Å²) in [5.41, 5.74) is 2.02. The molecule has 1 N–H and O–H groups in total. The van der Waals surface area contributed by atoms with Crippen molar-refractivity contribution in [1.29, 1.82) is 0 Å². The van der Waals surface area contributed by atoms with Crippen molar-refractivity contribution in [3.8, 4) is 11.3 Å². The fourth-order valence-corrected chi connectivity index (χ4v) is 2.18. The molecular weight excluding hydrogens is 252 g/mol. The van der Waals surface area contributed by atoms with Crippen molar-refractivity contribution in [3.63, 3.8) is 0 Å². The van der Waals surface area contributed by atoms with Gasteiger partial charge in [-0.2, -0.15) is 0 Å². The van der Waals surface area contributed by atoms with Crippen LogP contribution in [0.25, 0.3) is 11.3 Å². The van der Waals surface area contributed by atoms with Gasteiger partial charge in [0.25, 0.3) is 5.91 Å². The molecule has 2 rings (SSSR count). The van der Waals surface area contributed by atoms with Crippen LogP contribution >= 0.6 is 0 Å². The number of nitrogens with one attached hydrogen (secondary N) is 1. The number of rotatable bonds is 5. The number of carbonyl (C=O) groups is 1. The van der Waals surface area contributed by atoms with Gasteiger partial charge in [0.1, 0.15) is 17.0 Å². The average molecular weight is 272 g/mol. The third kappa shape index (κ3) is 2.90. The molecule has 0 aliphatic carbocycles. The average Bonchev–Trinajstić information content (AvgIpc) is 2.87. The highest BCUT2D eigenvalue weighted by Crippen LogP contribution is 2.25. The van der Waals surface area contributed by atoms with E-state index in [-0.39, 0.29) is 11.9 Å². The largest absolute Gasteiger partial charge is 0.360 e. The summed E-state index contributed by atoms with van der Waals surface area (Å²) in [6, 6.07) is 9.79. The summed E-state index contributed by atoms with van der Waals surface area (Å²) < 4.78 is 5.21. The Hall–Kier alpha value is -2.10. The first-order valence-corrected chi connectivity index (χ1v) is 6.99. The van der Waals surface area contributed by atoms with Crippen LogP contribution in [0.5, 0.6) is 0 Å². The van der Waals surface area contributed by atoms with Crippen molar-refractivity contribution in [2.45, 2.75) is 39.7 Å². The van der Waals surface area contributed by atoms with E-state index in [1.807, 2.05) is 30.3 Å². The second kappa shape index (κ2) is 6.37. The summed E-state index contributed by atoms with van der Waals surface area (Å²) >= 11 is 0. The van der Waals surface area contributed by atoms with E-state index in [4.69, 9.17) is 4.52 Å². The number of hydrogen-bond donors (Lipinski definition) is 1. The number of benzene rings is 1. The van der Waals surface area contributed by atoms with Crippen molar-refractivity contribution in [3.05, 3.63) is 41.7 Å². The molecule has 1 amide bonds. The van der Waals surface area contributed by atoms with E-state index in [0.29, 0.717) is 17.0 Å². The molecule has 0 unspecified atom stereocenters. The molecule has 106 valence electrons. The highest BCUT2D eigenvalue weighted by Gasteiger charge is 2.22. The predicted molar refractivity (Wildman–Crippen MR) is 78.5 cm³/mol. The molecule has 4 heteroatoms. The van der Waals surface area contributed by atoms with Crippen molar-refractivity contribution in [2.75, 3.05) is 0 Å². The minimum Gasteiger partial charge on any atom is -0.360 e. The van der Waals surface area contributed by atoms with Gasteiger partial charge in [0.05, 0.1) is 0 Å². The molecule has 1 aromatic carbocycles. The van der Waals surface area contributed by atoms with Crippen LogP contribution in [0.15, 0.2) is 34.9 Å². The number of nitrogens with zero attached hydrogens (tertiary/aromatic N) is 1. The van der Waals surface area contributed by atoms with Crippen LogP contribution in [-0.4, -0.2) is 17.1 Å². The number of aryl methyl sites for hydroxylation is 1. The molecular formula is C16H20N2O2. The van der Waals surface area contributed by atoms with Crippen LogP contribution in [0.3, 0.4) is 0 Å². The minimum atomic E-state index is -0.115. The molecule has 0 spiro atoms. The number of amides is 1. The minimum absolute atomic E-state index is 0.115. The molecule has 0 bridgehead atoms. The normalized spacial score (nSPS) is 10.8. The summed E-state index contributed by atoms with van der Waals surface area (Å²) in [5, 5.41) is 7.06. The van der Waals surface area contributed by atoms with Gasteiger partial charge in [-0.15, -0.1) is 0 Å². The quantitative estimate of drug-likeness (QED) is 0.905. The number of aromatic nitrogens is 1. The van der Waals surface area contributed by atoms with Gasteiger partial charge in [-0.1, -0.05) is 49.3 Å². The highest BCUT2D eigenvalue weighted by molar-refractivity contribution is 6.00. The molecule has 0 saturated heterocycles. The lowest BCUT2D eigenvalue weighted by Gasteiger charge is -2.14. The van der Waals surface area contributed by atoms with E-state index in [1.54, 1.807) is 6.92 Å². The SMILES string of the molecule is CCC(CC)NC(=O)c1c(-c2ccccc2)noc1C. The lowest BCUT2D eigenvalue weighted by Crippen LogP contribution is -2.34. The molecule has 4 nitrogen and oxygen atoms in total. The zero-order chi connectivity index (χ0) is 14.5. The van der Waals surface area contributed by atoms with Crippen LogP contribution < -0.4 is 5.32 Å². The second-order valence-corrected chi connectivity index (χ2v) is 4.82. The number of hydrogen-bond acceptors (Lipinski definition) is 3. The fraction of sp³-hybridized carbons (Fsp3) is 0.375. The third-order valence-electron chi connectivity index (χ3n) is 3.46. The maximum atomic E-state index is 12.4. The van der Waals surface area contributed by atoms with E-state index in [2.05, 4.69) is 24.3 Å². The van der Waals surface area contributed by atoms with Crippen LogP contribution in [0.2, 0.25) is 0 Å².